The van der Waals surface area contributed by atoms with Gasteiger partial charge in [-0.25, -0.2) is 4.79 Å². The maximum atomic E-state index is 13.1. The fraction of sp³-hybridized carbons (Fsp3) is 0.533. The zero-order chi connectivity index (χ0) is 25.7. The molecule has 2 aromatic rings. The minimum atomic E-state index is -0.759. The lowest BCUT2D eigenvalue weighted by molar-refractivity contribution is -0.154. The summed E-state index contributed by atoms with van der Waals surface area (Å²) in [7, 11) is 2.98. The topological polar surface area (TPSA) is 67.9 Å². The molecule has 1 amide bonds. The molecule has 7 heteroatoms. The van der Waals surface area contributed by atoms with E-state index >= 15 is 0 Å². The van der Waals surface area contributed by atoms with Crippen molar-refractivity contribution in [2.45, 2.75) is 62.6 Å². The fourth-order valence-electron chi connectivity index (χ4n) is 8.17. The van der Waals surface area contributed by atoms with Gasteiger partial charge >= 0.3 is 5.97 Å². The van der Waals surface area contributed by atoms with Crippen LogP contribution in [0.25, 0.3) is 0 Å². The standard InChI is InChI=1S/C30H35ClN2O4/c1-36-24-7-8-25-22(12-24)13-26(29(35)37-2)33(27(34)17-31)28(25)21-3-5-23(6-4-21)32-30-14-18-9-19(15-30)11-20(10-18)16-30/h3-8,12,18-20,26,28,32H,9-11,13-17H2,1-2H3/t18?,19?,20?,26-,28+,30?/m1/s1. The van der Waals surface area contributed by atoms with Crippen LogP contribution in [0.15, 0.2) is 42.5 Å². The van der Waals surface area contributed by atoms with Crippen LogP contribution in [0.3, 0.4) is 0 Å². The number of amides is 1. The summed E-state index contributed by atoms with van der Waals surface area (Å²) in [4.78, 5) is 27.6. The summed E-state index contributed by atoms with van der Waals surface area (Å²) in [5, 5.41) is 3.94. The van der Waals surface area contributed by atoms with E-state index in [2.05, 4.69) is 29.6 Å². The summed E-state index contributed by atoms with van der Waals surface area (Å²) in [6, 6.07) is 13.0. The van der Waals surface area contributed by atoms with Crippen molar-refractivity contribution in [1.82, 2.24) is 4.90 Å². The van der Waals surface area contributed by atoms with Gasteiger partial charge in [0.15, 0.2) is 0 Å². The van der Waals surface area contributed by atoms with Gasteiger partial charge in [0.1, 0.15) is 17.7 Å². The number of carbonyl (C=O) groups is 2. The number of hydrogen-bond acceptors (Lipinski definition) is 5. The van der Waals surface area contributed by atoms with Crippen LogP contribution < -0.4 is 10.1 Å². The molecular weight excluding hydrogens is 488 g/mol. The number of esters is 1. The van der Waals surface area contributed by atoms with Crippen LogP contribution in [0.2, 0.25) is 0 Å². The summed E-state index contributed by atoms with van der Waals surface area (Å²) in [5.41, 5.74) is 4.22. The highest BCUT2D eigenvalue weighted by atomic mass is 35.5. The van der Waals surface area contributed by atoms with E-state index in [9.17, 15) is 9.59 Å². The number of halogens is 1. The maximum Gasteiger partial charge on any atom is 0.328 e. The van der Waals surface area contributed by atoms with E-state index in [1.165, 1.54) is 45.6 Å². The quantitative estimate of drug-likeness (QED) is 0.410. The first-order valence-corrected chi connectivity index (χ1v) is 14.0. The number of alkyl halides is 1. The molecule has 4 bridgehead atoms. The second-order valence-corrected chi connectivity index (χ2v) is 11.9. The molecule has 0 aromatic heterocycles. The minimum absolute atomic E-state index is 0.207. The number of nitrogens with zero attached hydrogens (tertiary/aromatic N) is 1. The van der Waals surface area contributed by atoms with Crippen molar-refractivity contribution in [2.24, 2.45) is 17.8 Å². The average molecular weight is 523 g/mol. The van der Waals surface area contributed by atoms with Crippen molar-refractivity contribution in [2.75, 3.05) is 25.4 Å². The summed E-state index contributed by atoms with van der Waals surface area (Å²) in [6.45, 7) is 0. The van der Waals surface area contributed by atoms with Gasteiger partial charge in [-0.3, -0.25) is 4.79 Å². The Labute approximate surface area is 223 Å². The Bertz CT molecular complexity index is 1160. The molecule has 2 atom stereocenters. The predicted octanol–water partition coefficient (Wildman–Crippen LogP) is 5.33. The van der Waals surface area contributed by atoms with Crippen LogP contribution in [-0.2, 0) is 20.7 Å². The van der Waals surface area contributed by atoms with Gasteiger partial charge in [0.05, 0.1) is 20.3 Å². The van der Waals surface area contributed by atoms with Crippen molar-refractivity contribution < 1.29 is 19.1 Å². The minimum Gasteiger partial charge on any atom is -0.497 e. The second kappa shape index (κ2) is 9.54. The number of benzene rings is 2. The van der Waals surface area contributed by atoms with Crippen LogP contribution >= 0.6 is 11.6 Å². The Morgan fingerprint density at radius 1 is 1.00 bits per heavy atom. The van der Waals surface area contributed by atoms with Crippen LogP contribution in [-0.4, -0.2) is 48.5 Å². The lowest BCUT2D eigenvalue weighted by Gasteiger charge is -2.57. The molecule has 37 heavy (non-hydrogen) atoms. The molecule has 1 N–H and O–H groups in total. The third-order valence-corrected chi connectivity index (χ3v) is 9.45. The Balaban J connectivity index is 1.34. The fourth-order valence-corrected chi connectivity index (χ4v) is 8.31. The van der Waals surface area contributed by atoms with E-state index in [1.54, 1.807) is 12.0 Å². The number of nitrogens with one attached hydrogen (secondary N) is 1. The molecule has 1 aliphatic heterocycles. The van der Waals surface area contributed by atoms with Crippen molar-refractivity contribution in [3.05, 3.63) is 59.2 Å². The number of methoxy groups -OCH3 is 2. The Hall–Kier alpha value is -2.73. The van der Waals surface area contributed by atoms with E-state index in [0.29, 0.717) is 12.2 Å². The van der Waals surface area contributed by atoms with Crippen LogP contribution in [0.1, 0.15) is 61.3 Å². The van der Waals surface area contributed by atoms with Gasteiger partial charge in [-0.05, 0) is 97.2 Å². The van der Waals surface area contributed by atoms with Gasteiger partial charge in [0, 0.05) is 17.6 Å². The van der Waals surface area contributed by atoms with Crippen molar-refractivity contribution in [3.63, 3.8) is 0 Å². The molecule has 4 fully saturated rings. The highest BCUT2D eigenvalue weighted by molar-refractivity contribution is 6.27. The number of carbonyl (C=O) groups excluding carboxylic acids is 2. The lowest BCUT2D eigenvalue weighted by Crippen LogP contribution is -2.54. The summed E-state index contributed by atoms with van der Waals surface area (Å²) < 4.78 is 10.6. The number of anilines is 1. The van der Waals surface area contributed by atoms with Crippen molar-refractivity contribution >= 4 is 29.2 Å². The average Bonchev–Trinajstić information content (AvgIpc) is 2.90. The van der Waals surface area contributed by atoms with E-state index in [4.69, 9.17) is 21.1 Å². The first-order valence-electron chi connectivity index (χ1n) is 13.4. The van der Waals surface area contributed by atoms with E-state index < -0.39 is 18.1 Å². The van der Waals surface area contributed by atoms with Crippen LogP contribution in [0.5, 0.6) is 5.75 Å². The normalized spacial score (nSPS) is 31.5. The third-order valence-electron chi connectivity index (χ3n) is 9.22. The summed E-state index contributed by atoms with van der Waals surface area (Å²) in [6.07, 6.45) is 8.42. The monoisotopic (exact) mass is 522 g/mol. The van der Waals surface area contributed by atoms with Crippen LogP contribution in [0.4, 0.5) is 5.69 Å². The largest absolute Gasteiger partial charge is 0.497 e. The zero-order valence-electron chi connectivity index (χ0n) is 21.5. The first-order chi connectivity index (χ1) is 17.9. The Morgan fingerprint density at radius 2 is 1.65 bits per heavy atom. The number of hydrogen-bond donors (Lipinski definition) is 1. The van der Waals surface area contributed by atoms with Crippen LogP contribution in [0, 0.1) is 17.8 Å². The SMILES string of the molecule is COC(=O)[C@H]1Cc2cc(OC)ccc2[C@H](c2ccc(NC34CC5CC(CC(C5)C3)C4)cc2)N1C(=O)CCl. The number of fused-ring (bicyclic) bond motifs is 1. The third kappa shape index (κ3) is 4.37. The molecule has 2 aromatic carbocycles. The molecule has 0 saturated heterocycles. The molecule has 6 nitrogen and oxygen atoms in total. The predicted molar refractivity (Wildman–Crippen MR) is 143 cm³/mol. The number of ether oxygens (including phenoxy) is 2. The molecule has 4 aliphatic carbocycles. The lowest BCUT2D eigenvalue weighted by atomic mass is 9.53. The highest BCUT2D eigenvalue weighted by Gasteiger charge is 2.51. The van der Waals surface area contributed by atoms with Gasteiger partial charge < -0.3 is 19.7 Å². The maximum absolute atomic E-state index is 13.1. The summed E-state index contributed by atoms with van der Waals surface area (Å²) >= 11 is 6.05. The highest BCUT2D eigenvalue weighted by Crippen LogP contribution is 2.56. The van der Waals surface area contributed by atoms with E-state index in [1.807, 2.05) is 18.2 Å². The van der Waals surface area contributed by atoms with E-state index in [0.717, 1.165) is 40.1 Å². The molecule has 0 unspecified atom stereocenters. The Kier molecular flexibility index (Phi) is 6.34. The molecule has 196 valence electrons. The van der Waals surface area contributed by atoms with Crippen molar-refractivity contribution in [1.29, 1.82) is 0 Å². The van der Waals surface area contributed by atoms with Gasteiger partial charge in [-0.2, -0.15) is 0 Å². The van der Waals surface area contributed by atoms with Gasteiger partial charge in [-0.15, -0.1) is 11.6 Å². The molecule has 5 aliphatic rings. The smallest absolute Gasteiger partial charge is 0.328 e. The van der Waals surface area contributed by atoms with Crippen molar-refractivity contribution in [3.8, 4) is 5.75 Å². The first kappa shape index (κ1) is 24.6. The molecule has 0 spiro atoms. The Morgan fingerprint density at radius 3 is 2.22 bits per heavy atom. The molecule has 0 radical (unpaired) electrons. The van der Waals surface area contributed by atoms with E-state index in [-0.39, 0.29) is 17.3 Å². The second-order valence-electron chi connectivity index (χ2n) is 11.6. The molecule has 4 saturated carbocycles. The zero-order valence-corrected chi connectivity index (χ0v) is 22.3. The molecule has 1 heterocycles. The summed E-state index contributed by atoms with van der Waals surface area (Å²) in [5.74, 6) is 2.39. The van der Waals surface area contributed by atoms with Gasteiger partial charge in [-0.1, -0.05) is 18.2 Å². The molecular formula is C30H35ClN2O4. The number of rotatable bonds is 6. The molecule has 7 rings (SSSR count). The van der Waals surface area contributed by atoms with Gasteiger partial charge in [0.2, 0.25) is 5.91 Å². The van der Waals surface area contributed by atoms with Gasteiger partial charge in [0.25, 0.3) is 0 Å².